The molecule has 1 aromatic carbocycles. The van der Waals surface area contributed by atoms with E-state index in [4.69, 9.17) is 0 Å². The first-order valence-corrected chi connectivity index (χ1v) is 7.67. The predicted molar refractivity (Wildman–Crippen MR) is 86.6 cm³/mol. The maximum atomic E-state index is 12.8. The van der Waals surface area contributed by atoms with Gasteiger partial charge in [0.2, 0.25) is 5.91 Å². The van der Waals surface area contributed by atoms with Crippen LogP contribution in [0.2, 0.25) is 0 Å². The molecule has 0 fully saturated rings. The number of aromatic nitrogens is 4. The molecule has 0 saturated heterocycles. The molecule has 0 saturated carbocycles. The quantitative estimate of drug-likeness (QED) is 0.732. The summed E-state index contributed by atoms with van der Waals surface area (Å²) < 4.78 is 38.3. The average molecular weight is 361 g/mol. The Labute approximate surface area is 146 Å². The Hall–Kier alpha value is -3.23. The lowest BCUT2D eigenvalue weighted by molar-refractivity contribution is -0.137. The summed E-state index contributed by atoms with van der Waals surface area (Å²) in [7, 11) is 0. The van der Waals surface area contributed by atoms with E-state index in [2.05, 4.69) is 25.5 Å². The third-order valence-electron chi connectivity index (χ3n) is 3.50. The molecule has 0 radical (unpaired) electrons. The minimum absolute atomic E-state index is 0.0706. The summed E-state index contributed by atoms with van der Waals surface area (Å²) in [6.07, 6.45) is -2.89. The normalized spacial score (nSPS) is 11.3. The van der Waals surface area contributed by atoms with Gasteiger partial charge in [0.05, 0.1) is 24.2 Å². The first kappa shape index (κ1) is 17.6. The molecule has 0 aliphatic carbocycles. The number of carbonyl (C=O) groups excluding carboxylic acids is 1. The first-order chi connectivity index (χ1) is 12.4. The lowest BCUT2D eigenvalue weighted by Crippen LogP contribution is -2.25. The summed E-state index contributed by atoms with van der Waals surface area (Å²) in [5.41, 5.74) is 0.147. The summed E-state index contributed by atoms with van der Waals surface area (Å²) in [6, 6.07) is 10.1. The second-order valence-corrected chi connectivity index (χ2v) is 5.46. The molecule has 0 unspecified atom stereocenters. The number of nitrogens with one attached hydrogen (secondary N) is 2. The molecule has 3 aromatic rings. The van der Waals surface area contributed by atoms with E-state index in [1.54, 1.807) is 18.3 Å². The van der Waals surface area contributed by atoms with Crippen LogP contribution in [0.5, 0.6) is 0 Å². The molecule has 3 rings (SSSR count). The predicted octanol–water partition coefficient (Wildman–Crippen LogP) is 2.74. The van der Waals surface area contributed by atoms with Crippen molar-refractivity contribution in [2.24, 2.45) is 0 Å². The van der Waals surface area contributed by atoms with Crippen LogP contribution < -0.4 is 5.32 Å². The highest BCUT2D eigenvalue weighted by Gasteiger charge is 2.30. The van der Waals surface area contributed by atoms with Gasteiger partial charge in [-0.1, -0.05) is 18.2 Å². The standard InChI is InChI=1S/C17H14F3N5O/c18-17(19,20)12-5-3-4-11(8-12)16-23-14(24-25-16)9-15(26)22-10-13-6-1-2-7-21-13/h1-8H,9-10H2,(H,22,26)(H,23,24,25). The first-order valence-electron chi connectivity index (χ1n) is 7.67. The molecule has 0 aliphatic rings. The Morgan fingerprint density at radius 2 is 2.00 bits per heavy atom. The van der Waals surface area contributed by atoms with Crippen molar-refractivity contribution in [2.75, 3.05) is 0 Å². The highest BCUT2D eigenvalue weighted by Crippen LogP contribution is 2.31. The van der Waals surface area contributed by atoms with Crippen LogP contribution in [0.4, 0.5) is 13.2 Å². The third kappa shape index (κ3) is 4.44. The van der Waals surface area contributed by atoms with Gasteiger partial charge < -0.3 is 5.32 Å². The fraction of sp³-hybridized carbons (Fsp3) is 0.176. The summed E-state index contributed by atoms with van der Waals surface area (Å²) in [6.45, 7) is 0.272. The zero-order valence-corrected chi connectivity index (χ0v) is 13.4. The molecular weight excluding hydrogens is 347 g/mol. The average Bonchev–Trinajstić information content (AvgIpc) is 3.09. The molecule has 26 heavy (non-hydrogen) atoms. The van der Waals surface area contributed by atoms with Crippen molar-refractivity contribution >= 4 is 5.91 Å². The molecule has 2 aromatic heterocycles. The largest absolute Gasteiger partial charge is 0.416 e. The van der Waals surface area contributed by atoms with Gasteiger partial charge in [-0.05, 0) is 24.3 Å². The van der Waals surface area contributed by atoms with Crippen LogP contribution in [0.1, 0.15) is 17.1 Å². The summed E-state index contributed by atoms with van der Waals surface area (Å²) in [4.78, 5) is 20.1. The fourth-order valence-corrected chi connectivity index (χ4v) is 2.24. The molecule has 0 bridgehead atoms. The molecule has 0 atom stereocenters. The molecule has 9 heteroatoms. The van der Waals surface area contributed by atoms with Crippen LogP contribution in [-0.4, -0.2) is 26.1 Å². The number of amides is 1. The molecule has 0 aliphatic heterocycles. The van der Waals surface area contributed by atoms with Crippen molar-refractivity contribution in [3.63, 3.8) is 0 Å². The van der Waals surface area contributed by atoms with Crippen LogP contribution in [0.3, 0.4) is 0 Å². The van der Waals surface area contributed by atoms with Gasteiger partial charge in [0, 0.05) is 11.8 Å². The number of rotatable bonds is 5. The summed E-state index contributed by atoms with van der Waals surface area (Å²) in [5.74, 6) is 0.0574. The van der Waals surface area contributed by atoms with Crippen LogP contribution in [-0.2, 0) is 23.9 Å². The zero-order chi connectivity index (χ0) is 18.6. The van der Waals surface area contributed by atoms with E-state index in [1.165, 1.54) is 12.1 Å². The van der Waals surface area contributed by atoms with Crippen molar-refractivity contribution in [1.82, 2.24) is 25.5 Å². The van der Waals surface area contributed by atoms with Crippen LogP contribution in [0, 0.1) is 0 Å². The second-order valence-electron chi connectivity index (χ2n) is 5.46. The van der Waals surface area contributed by atoms with Gasteiger partial charge in [0.1, 0.15) is 5.82 Å². The van der Waals surface area contributed by atoms with E-state index in [-0.39, 0.29) is 36.1 Å². The number of aromatic amines is 1. The van der Waals surface area contributed by atoms with Gasteiger partial charge in [0.25, 0.3) is 0 Å². The van der Waals surface area contributed by atoms with Gasteiger partial charge >= 0.3 is 6.18 Å². The molecule has 1 amide bonds. The topological polar surface area (TPSA) is 83.6 Å². The van der Waals surface area contributed by atoms with Crippen molar-refractivity contribution < 1.29 is 18.0 Å². The zero-order valence-electron chi connectivity index (χ0n) is 13.4. The van der Waals surface area contributed by atoms with Crippen molar-refractivity contribution in [2.45, 2.75) is 19.1 Å². The fourth-order valence-electron chi connectivity index (χ4n) is 2.24. The number of halogens is 3. The lowest BCUT2D eigenvalue weighted by atomic mass is 10.1. The molecular formula is C17H14F3N5O. The number of nitrogens with zero attached hydrogens (tertiary/aromatic N) is 3. The van der Waals surface area contributed by atoms with E-state index in [1.807, 2.05) is 6.07 Å². The second kappa shape index (κ2) is 7.34. The molecule has 6 nitrogen and oxygen atoms in total. The Morgan fingerprint density at radius 1 is 1.15 bits per heavy atom. The number of pyridine rings is 1. The molecule has 2 heterocycles. The summed E-state index contributed by atoms with van der Waals surface area (Å²) in [5, 5.41) is 9.15. The monoisotopic (exact) mass is 361 g/mol. The highest BCUT2D eigenvalue weighted by molar-refractivity contribution is 5.77. The smallest absolute Gasteiger partial charge is 0.350 e. The molecule has 2 N–H and O–H groups in total. The van der Waals surface area contributed by atoms with Crippen molar-refractivity contribution in [1.29, 1.82) is 0 Å². The van der Waals surface area contributed by atoms with E-state index >= 15 is 0 Å². The maximum absolute atomic E-state index is 12.8. The van der Waals surface area contributed by atoms with Crippen molar-refractivity contribution in [3.8, 4) is 11.4 Å². The Bertz CT molecular complexity index is 893. The highest BCUT2D eigenvalue weighted by atomic mass is 19.4. The maximum Gasteiger partial charge on any atom is 0.416 e. The minimum Gasteiger partial charge on any atom is -0.350 e. The Balaban J connectivity index is 1.64. The number of carbonyl (C=O) groups is 1. The number of hydrogen-bond acceptors (Lipinski definition) is 4. The SMILES string of the molecule is O=C(Cc1nc(-c2cccc(C(F)(F)F)c2)n[nH]1)NCc1ccccn1. The third-order valence-corrected chi connectivity index (χ3v) is 3.50. The molecule has 134 valence electrons. The minimum atomic E-state index is -4.44. The van der Waals surface area contributed by atoms with Crippen molar-refractivity contribution in [3.05, 3.63) is 65.7 Å². The summed E-state index contributed by atoms with van der Waals surface area (Å²) >= 11 is 0. The van der Waals surface area contributed by atoms with E-state index in [0.717, 1.165) is 12.1 Å². The van der Waals surface area contributed by atoms with E-state index in [9.17, 15) is 18.0 Å². The van der Waals surface area contributed by atoms with E-state index in [0.29, 0.717) is 5.69 Å². The van der Waals surface area contributed by atoms with E-state index < -0.39 is 11.7 Å². The molecule has 0 spiro atoms. The number of alkyl halides is 3. The van der Waals surface area contributed by atoms with Crippen LogP contribution in [0.15, 0.2) is 48.7 Å². The lowest BCUT2D eigenvalue weighted by Gasteiger charge is -2.06. The number of H-pyrrole nitrogens is 1. The Kier molecular flexibility index (Phi) is 4.97. The van der Waals surface area contributed by atoms with Crippen LogP contribution >= 0.6 is 0 Å². The van der Waals surface area contributed by atoms with Gasteiger partial charge in [-0.2, -0.15) is 18.3 Å². The Morgan fingerprint density at radius 3 is 2.73 bits per heavy atom. The van der Waals surface area contributed by atoms with Gasteiger partial charge in [-0.15, -0.1) is 0 Å². The van der Waals surface area contributed by atoms with Gasteiger partial charge in [-0.3, -0.25) is 14.9 Å². The van der Waals surface area contributed by atoms with Gasteiger partial charge in [0.15, 0.2) is 5.82 Å². The van der Waals surface area contributed by atoms with Crippen LogP contribution in [0.25, 0.3) is 11.4 Å². The van der Waals surface area contributed by atoms with Gasteiger partial charge in [-0.25, -0.2) is 4.98 Å². The number of hydrogen-bond donors (Lipinski definition) is 2. The number of benzene rings is 1.